The van der Waals surface area contributed by atoms with Crippen molar-refractivity contribution >= 4 is 17.6 Å². The molecule has 0 radical (unpaired) electrons. The number of likely N-dealkylation sites (tertiary alicyclic amines) is 1. The number of carbonyl (C=O) groups is 1. The van der Waals surface area contributed by atoms with Gasteiger partial charge in [0, 0.05) is 19.6 Å². The maximum atomic E-state index is 12.0. The minimum Gasteiger partial charge on any atom is -0.481 e. The van der Waals surface area contributed by atoms with E-state index in [9.17, 15) is 13.6 Å². The highest BCUT2D eigenvalue weighted by atomic mass is 35.5. The monoisotopic (exact) mass is 291 g/mol. The molecule has 19 heavy (non-hydrogen) atoms. The highest BCUT2D eigenvalue weighted by Crippen LogP contribution is 2.28. The molecule has 0 aliphatic carbocycles. The van der Waals surface area contributed by atoms with Gasteiger partial charge in [0.05, 0.1) is 10.9 Å². The number of benzene rings is 1. The third-order valence-corrected chi connectivity index (χ3v) is 3.22. The Hall–Kier alpha value is -1.40. The summed E-state index contributed by atoms with van der Waals surface area (Å²) in [7, 11) is 0. The zero-order valence-electron chi connectivity index (χ0n) is 9.85. The van der Waals surface area contributed by atoms with E-state index in [2.05, 4.69) is 4.74 Å². The topological polar surface area (TPSA) is 49.8 Å². The van der Waals surface area contributed by atoms with E-state index >= 15 is 0 Å². The molecule has 7 heteroatoms. The highest BCUT2D eigenvalue weighted by molar-refractivity contribution is 6.32. The van der Waals surface area contributed by atoms with Gasteiger partial charge in [-0.2, -0.15) is 8.78 Å². The fourth-order valence-corrected chi connectivity index (χ4v) is 2.20. The van der Waals surface area contributed by atoms with Crippen molar-refractivity contribution in [3.05, 3.63) is 28.8 Å². The van der Waals surface area contributed by atoms with Crippen molar-refractivity contribution in [1.29, 1.82) is 0 Å². The quantitative estimate of drug-likeness (QED) is 0.905. The second kappa shape index (κ2) is 5.71. The summed E-state index contributed by atoms with van der Waals surface area (Å²) in [6, 6.07) is 4.57. The minimum absolute atomic E-state index is 0.0626. The van der Waals surface area contributed by atoms with E-state index in [1.165, 1.54) is 6.07 Å². The Bertz CT molecular complexity index is 478. The molecule has 0 amide bonds. The lowest BCUT2D eigenvalue weighted by molar-refractivity contribution is -0.147. The maximum Gasteiger partial charge on any atom is 0.387 e. The Balaban J connectivity index is 1.92. The third-order valence-electron chi connectivity index (χ3n) is 2.92. The average molecular weight is 292 g/mol. The van der Waals surface area contributed by atoms with Crippen molar-refractivity contribution < 1.29 is 23.4 Å². The number of carboxylic acids is 1. The summed E-state index contributed by atoms with van der Waals surface area (Å²) in [4.78, 5) is 12.6. The van der Waals surface area contributed by atoms with Gasteiger partial charge in [0.25, 0.3) is 0 Å². The fourth-order valence-electron chi connectivity index (χ4n) is 1.95. The van der Waals surface area contributed by atoms with Gasteiger partial charge in [0.1, 0.15) is 5.75 Å². The summed E-state index contributed by atoms with van der Waals surface area (Å²) in [6.07, 6.45) is 0. The molecule has 0 unspecified atom stereocenters. The molecule has 0 bridgehead atoms. The predicted molar refractivity (Wildman–Crippen MR) is 64.5 cm³/mol. The van der Waals surface area contributed by atoms with Crippen LogP contribution in [0.25, 0.3) is 0 Å². The van der Waals surface area contributed by atoms with E-state index in [0.717, 1.165) is 5.56 Å². The van der Waals surface area contributed by atoms with Gasteiger partial charge >= 0.3 is 12.6 Å². The molecule has 104 valence electrons. The van der Waals surface area contributed by atoms with E-state index in [4.69, 9.17) is 16.7 Å². The summed E-state index contributed by atoms with van der Waals surface area (Å²) in [5, 5.41) is 8.86. The molecule has 1 N–H and O–H groups in total. The van der Waals surface area contributed by atoms with Crippen molar-refractivity contribution in [2.75, 3.05) is 13.1 Å². The van der Waals surface area contributed by atoms with Crippen LogP contribution >= 0.6 is 11.6 Å². The summed E-state index contributed by atoms with van der Waals surface area (Å²) >= 11 is 5.83. The minimum atomic E-state index is -2.91. The lowest BCUT2D eigenvalue weighted by atomic mass is 9.99. The molecule has 4 nitrogen and oxygen atoms in total. The van der Waals surface area contributed by atoms with Crippen LogP contribution in [-0.2, 0) is 11.3 Å². The molecule has 1 fully saturated rings. The number of carboxylic acid groups (broad SMARTS) is 1. The molecule has 0 spiro atoms. The van der Waals surface area contributed by atoms with Crippen LogP contribution in [0.5, 0.6) is 5.75 Å². The molecule has 0 saturated carbocycles. The van der Waals surface area contributed by atoms with E-state index in [1.807, 2.05) is 4.90 Å². The number of halogens is 3. The number of aliphatic carboxylic acids is 1. The lowest BCUT2D eigenvalue weighted by Crippen LogP contribution is -2.49. The van der Waals surface area contributed by atoms with Crippen molar-refractivity contribution in [3.8, 4) is 5.75 Å². The van der Waals surface area contributed by atoms with Crippen LogP contribution in [0.4, 0.5) is 8.78 Å². The second-order valence-electron chi connectivity index (χ2n) is 4.37. The van der Waals surface area contributed by atoms with Gasteiger partial charge in [-0.05, 0) is 17.7 Å². The van der Waals surface area contributed by atoms with Gasteiger partial charge in [-0.3, -0.25) is 9.69 Å². The Morgan fingerprint density at radius 2 is 2.21 bits per heavy atom. The molecule has 2 rings (SSSR count). The Kier molecular flexibility index (Phi) is 4.21. The number of rotatable bonds is 5. The van der Waals surface area contributed by atoms with Crippen molar-refractivity contribution in [1.82, 2.24) is 4.90 Å². The molecule has 1 aromatic rings. The highest BCUT2D eigenvalue weighted by Gasteiger charge is 2.32. The Morgan fingerprint density at radius 3 is 2.74 bits per heavy atom. The molecular formula is C12H12ClF2NO3. The predicted octanol–water partition coefficient (Wildman–Crippen LogP) is 2.46. The SMILES string of the molecule is O=C(O)C1CN(Cc2ccc(OC(F)F)c(Cl)c2)C1. The summed E-state index contributed by atoms with van der Waals surface area (Å²) in [5.74, 6) is -1.18. The third kappa shape index (κ3) is 3.54. The largest absolute Gasteiger partial charge is 0.481 e. The molecule has 1 aromatic carbocycles. The molecule has 1 aliphatic rings. The number of ether oxygens (including phenoxy) is 1. The van der Waals surface area contributed by atoms with Crippen molar-refractivity contribution in [3.63, 3.8) is 0 Å². The van der Waals surface area contributed by atoms with Crippen LogP contribution in [0, 0.1) is 5.92 Å². The van der Waals surface area contributed by atoms with Crippen LogP contribution in [0.1, 0.15) is 5.56 Å². The fraction of sp³-hybridized carbons (Fsp3) is 0.417. The van der Waals surface area contributed by atoms with Crippen LogP contribution in [0.2, 0.25) is 5.02 Å². The van der Waals surface area contributed by atoms with Gasteiger partial charge in [-0.15, -0.1) is 0 Å². The molecule has 1 saturated heterocycles. The van der Waals surface area contributed by atoms with E-state index < -0.39 is 12.6 Å². The normalized spacial score (nSPS) is 16.4. The number of hydrogen-bond donors (Lipinski definition) is 1. The zero-order chi connectivity index (χ0) is 14.0. The van der Waals surface area contributed by atoms with Gasteiger partial charge < -0.3 is 9.84 Å². The van der Waals surface area contributed by atoms with Crippen LogP contribution in [-0.4, -0.2) is 35.7 Å². The maximum absolute atomic E-state index is 12.0. The molecular weight excluding hydrogens is 280 g/mol. The molecule has 0 aromatic heterocycles. The Morgan fingerprint density at radius 1 is 1.53 bits per heavy atom. The van der Waals surface area contributed by atoms with Crippen LogP contribution in [0.3, 0.4) is 0 Å². The van der Waals surface area contributed by atoms with Crippen molar-refractivity contribution in [2.45, 2.75) is 13.2 Å². The van der Waals surface area contributed by atoms with Crippen LogP contribution < -0.4 is 4.74 Å². The van der Waals surface area contributed by atoms with E-state index in [0.29, 0.717) is 19.6 Å². The number of hydrogen-bond acceptors (Lipinski definition) is 3. The first-order valence-corrected chi connectivity index (χ1v) is 6.02. The second-order valence-corrected chi connectivity index (χ2v) is 4.78. The molecule has 0 atom stereocenters. The van der Waals surface area contributed by atoms with Gasteiger partial charge in [0.15, 0.2) is 0 Å². The zero-order valence-corrected chi connectivity index (χ0v) is 10.6. The lowest BCUT2D eigenvalue weighted by Gasteiger charge is -2.36. The summed E-state index contributed by atoms with van der Waals surface area (Å²) < 4.78 is 28.3. The summed E-state index contributed by atoms with van der Waals surface area (Å²) in [6.45, 7) is -1.39. The standard InChI is InChI=1S/C12H12ClF2NO3/c13-9-3-7(1-2-10(9)19-12(14)15)4-16-5-8(6-16)11(17)18/h1-3,8,12H,4-6H2,(H,17,18). The van der Waals surface area contributed by atoms with Gasteiger partial charge in [0.2, 0.25) is 0 Å². The number of alkyl halides is 2. The average Bonchev–Trinajstić information content (AvgIpc) is 2.25. The number of nitrogens with zero attached hydrogens (tertiary/aromatic N) is 1. The summed E-state index contributed by atoms with van der Waals surface area (Å²) in [5.41, 5.74) is 0.829. The van der Waals surface area contributed by atoms with E-state index in [-0.39, 0.29) is 16.7 Å². The van der Waals surface area contributed by atoms with Gasteiger partial charge in [-0.1, -0.05) is 17.7 Å². The van der Waals surface area contributed by atoms with Gasteiger partial charge in [-0.25, -0.2) is 0 Å². The Labute approximate surface area is 113 Å². The molecule has 1 heterocycles. The van der Waals surface area contributed by atoms with E-state index in [1.54, 1.807) is 12.1 Å². The van der Waals surface area contributed by atoms with Crippen molar-refractivity contribution in [2.24, 2.45) is 5.92 Å². The molecule has 1 aliphatic heterocycles. The van der Waals surface area contributed by atoms with Crippen LogP contribution in [0.15, 0.2) is 18.2 Å². The first kappa shape index (κ1) is 14.0. The first-order valence-electron chi connectivity index (χ1n) is 5.64. The smallest absolute Gasteiger partial charge is 0.387 e. The first-order chi connectivity index (χ1) is 8.95.